The minimum absolute atomic E-state index is 0.0579. The quantitative estimate of drug-likeness (QED) is 0.782. The van der Waals surface area contributed by atoms with Crippen LogP contribution in [0, 0.1) is 17.8 Å². The van der Waals surface area contributed by atoms with E-state index in [1.54, 1.807) is 0 Å². The van der Waals surface area contributed by atoms with Crippen molar-refractivity contribution in [3.8, 4) is 11.8 Å². The Balaban J connectivity index is 1.62. The van der Waals surface area contributed by atoms with Crippen molar-refractivity contribution in [1.82, 2.24) is 9.80 Å². The summed E-state index contributed by atoms with van der Waals surface area (Å²) in [5.74, 6) is 6.87. The van der Waals surface area contributed by atoms with Gasteiger partial charge < -0.3 is 9.80 Å². The molecule has 2 atom stereocenters. The van der Waals surface area contributed by atoms with E-state index in [2.05, 4.69) is 16.7 Å². The van der Waals surface area contributed by atoms with Gasteiger partial charge >= 0.3 is 0 Å². The number of rotatable bonds is 2. The van der Waals surface area contributed by atoms with Gasteiger partial charge in [-0.25, -0.2) is 0 Å². The largest absolute Gasteiger partial charge is 0.332 e. The van der Waals surface area contributed by atoms with Crippen molar-refractivity contribution in [2.75, 3.05) is 26.7 Å². The van der Waals surface area contributed by atoms with Gasteiger partial charge in [-0.15, -0.1) is 0 Å². The Morgan fingerprint density at radius 2 is 1.86 bits per heavy atom. The molecule has 116 valence electrons. The molecular formula is C19H24N2O. The van der Waals surface area contributed by atoms with Gasteiger partial charge in [-0.05, 0) is 44.5 Å². The first-order valence-corrected chi connectivity index (χ1v) is 8.29. The van der Waals surface area contributed by atoms with Crippen LogP contribution in [0.1, 0.15) is 31.2 Å². The highest BCUT2D eigenvalue weighted by Crippen LogP contribution is 2.25. The summed E-state index contributed by atoms with van der Waals surface area (Å²) in [6.07, 6.45) is 4.74. The van der Waals surface area contributed by atoms with Crippen LogP contribution in [-0.4, -0.2) is 48.4 Å². The Morgan fingerprint density at radius 1 is 1.14 bits per heavy atom. The highest BCUT2D eigenvalue weighted by atomic mass is 16.2. The zero-order valence-corrected chi connectivity index (χ0v) is 13.3. The van der Waals surface area contributed by atoms with Crippen molar-refractivity contribution < 1.29 is 4.79 Å². The summed E-state index contributed by atoms with van der Waals surface area (Å²) in [6, 6.07) is 10.1. The Kier molecular flexibility index (Phi) is 4.80. The average Bonchev–Trinajstić information content (AvgIpc) is 2.83. The van der Waals surface area contributed by atoms with Crippen LogP contribution in [0.25, 0.3) is 0 Å². The highest BCUT2D eigenvalue weighted by molar-refractivity contribution is 5.82. The third-order valence-corrected chi connectivity index (χ3v) is 4.76. The number of carbonyl (C=O) groups excluding carboxylic acids is 1. The number of piperidine rings is 1. The number of hydrogen-bond acceptors (Lipinski definition) is 2. The van der Waals surface area contributed by atoms with Gasteiger partial charge in [0.05, 0.1) is 12.0 Å². The summed E-state index contributed by atoms with van der Waals surface area (Å²) in [5.41, 5.74) is 1.02. The van der Waals surface area contributed by atoms with E-state index in [9.17, 15) is 4.79 Å². The van der Waals surface area contributed by atoms with Gasteiger partial charge in [-0.3, -0.25) is 4.79 Å². The van der Waals surface area contributed by atoms with Crippen LogP contribution >= 0.6 is 0 Å². The molecule has 2 saturated heterocycles. The smallest absolute Gasteiger partial charge is 0.227 e. The zero-order valence-electron chi connectivity index (χ0n) is 13.3. The molecule has 1 aromatic rings. The Bertz CT molecular complexity index is 566. The van der Waals surface area contributed by atoms with Crippen molar-refractivity contribution in [2.45, 2.75) is 31.7 Å². The van der Waals surface area contributed by atoms with Crippen LogP contribution < -0.4 is 0 Å². The molecule has 0 unspecified atom stereocenters. The van der Waals surface area contributed by atoms with E-state index >= 15 is 0 Å². The molecule has 2 fully saturated rings. The lowest BCUT2D eigenvalue weighted by Crippen LogP contribution is -2.37. The highest BCUT2D eigenvalue weighted by Gasteiger charge is 2.37. The molecule has 0 aliphatic carbocycles. The Morgan fingerprint density at radius 3 is 2.59 bits per heavy atom. The van der Waals surface area contributed by atoms with Crippen molar-refractivity contribution in [3.05, 3.63) is 35.9 Å². The lowest BCUT2D eigenvalue weighted by atomic mass is 10.0. The second kappa shape index (κ2) is 6.98. The van der Waals surface area contributed by atoms with Crippen LogP contribution in [0.15, 0.2) is 30.3 Å². The van der Waals surface area contributed by atoms with Gasteiger partial charge in [0.15, 0.2) is 0 Å². The Labute approximate surface area is 133 Å². The molecule has 2 aliphatic rings. The monoisotopic (exact) mass is 296 g/mol. The normalized spacial score (nSPS) is 25.9. The predicted molar refractivity (Wildman–Crippen MR) is 88.3 cm³/mol. The van der Waals surface area contributed by atoms with Gasteiger partial charge in [0.25, 0.3) is 0 Å². The number of hydrogen-bond donors (Lipinski definition) is 0. The molecule has 2 aliphatic heterocycles. The molecule has 1 amide bonds. The number of carbonyl (C=O) groups is 1. The second-order valence-electron chi connectivity index (χ2n) is 6.39. The fraction of sp³-hybridized carbons (Fsp3) is 0.526. The van der Waals surface area contributed by atoms with Crippen molar-refractivity contribution >= 4 is 5.91 Å². The third kappa shape index (κ3) is 3.51. The fourth-order valence-corrected chi connectivity index (χ4v) is 3.42. The molecule has 3 rings (SSSR count). The Hall–Kier alpha value is -1.79. The van der Waals surface area contributed by atoms with Crippen LogP contribution in [0.4, 0.5) is 0 Å². The van der Waals surface area contributed by atoms with Crippen LogP contribution in [-0.2, 0) is 4.79 Å². The number of benzene rings is 1. The molecule has 0 radical (unpaired) electrons. The lowest BCUT2D eigenvalue weighted by molar-refractivity contribution is -0.130. The fourth-order valence-electron chi connectivity index (χ4n) is 3.42. The van der Waals surface area contributed by atoms with Gasteiger partial charge in [0.1, 0.15) is 0 Å². The predicted octanol–water partition coefficient (Wildman–Crippen LogP) is 2.37. The molecular weight excluding hydrogens is 272 g/mol. The average molecular weight is 296 g/mol. The summed E-state index contributed by atoms with van der Waals surface area (Å²) in [5, 5.41) is 0. The molecule has 2 heterocycles. The van der Waals surface area contributed by atoms with Gasteiger partial charge in [0, 0.05) is 19.2 Å². The van der Waals surface area contributed by atoms with Crippen molar-refractivity contribution in [2.24, 2.45) is 5.92 Å². The van der Waals surface area contributed by atoms with E-state index in [0.717, 1.165) is 31.6 Å². The van der Waals surface area contributed by atoms with Crippen LogP contribution in [0.3, 0.4) is 0 Å². The summed E-state index contributed by atoms with van der Waals surface area (Å²) in [6.45, 7) is 3.20. The summed E-state index contributed by atoms with van der Waals surface area (Å²) < 4.78 is 0. The maximum Gasteiger partial charge on any atom is 0.227 e. The van der Waals surface area contributed by atoms with E-state index in [1.807, 2.05) is 42.3 Å². The number of amides is 1. The summed E-state index contributed by atoms with van der Waals surface area (Å²) in [4.78, 5) is 16.7. The molecule has 3 nitrogen and oxygen atoms in total. The lowest BCUT2D eigenvalue weighted by Gasteiger charge is -2.28. The minimum Gasteiger partial charge on any atom is -0.332 e. The molecule has 1 aromatic carbocycles. The second-order valence-corrected chi connectivity index (χ2v) is 6.39. The molecule has 0 spiro atoms. The van der Waals surface area contributed by atoms with E-state index in [-0.39, 0.29) is 17.9 Å². The first-order chi connectivity index (χ1) is 10.7. The van der Waals surface area contributed by atoms with Crippen molar-refractivity contribution in [3.63, 3.8) is 0 Å². The summed E-state index contributed by atoms with van der Waals surface area (Å²) >= 11 is 0. The van der Waals surface area contributed by atoms with E-state index < -0.39 is 0 Å². The molecule has 0 saturated carbocycles. The summed E-state index contributed by atoms with van der Waals surface area (Å²) in [7, 11) is 1.89. The minimum atomic E-state index is 0.0579. The standard InChI is InChI=1S/C19H24N2O/c1-20-18(11-10-16-8-4-2-5-9-16)14-17(19(20)22)15-21-12-6-3-7-13-21/h2,4-5,8-9,17-18H,3,6-7,12-15H2,1H3/t17-,18+/m0/s1. The first kappa shape index (κ1) is 15.1. The van der Waals surface area contributed by atoms with Crippen LogP contribution in [0.2, 0.25) is 0 Å². The van der Waals surface area contributed by atoms with E-state index in [0.29, 0.717) is 0 Å². The van der Waals surface area contributed by atoms with E-state index in [1.165, 1.54) is 19.3 Å². The molecule has 0 bridgehead atoms. The third-order valence-electron chi connectivity index (χ3n) is 4.76. The number of likely N-dealkylation sites (tertiary alicyclic amines) is 2. The molecule has 0 N–H and O–H groups in total. The van der Waals surface area contributed by atoms with Crippen molar-refractivity contribution in [1.29, 1.82) is 0 Å². The zero-order chi connectivity index (χ0) is 15.4. The molecule has 3 heteroatoms. The SMILES string of the molecule is CN1C(=O)[C@H](CN2CCCCC2)C[C@H]1C#Cc1ccccc1. The first-order valence-electron chi connectivity index (χ1n) is 8.29. The number of nitrogens with zero attached hydrogens (tertiary/aromatic N) is 2. The van der Waals surface area contributed by atoms with Gasteiger partial charge in [-0.2, -0.15) is 0 Å². The topological polar surface area (TPSA) is 23.6 Å². The van der Waals surface area contributed by atoms with E-state index in [4.69, 9.17) is 0 Å². The maximum atomic E-state index is 12.4. The van der Waals surface area contributed by atoms with Gasteiger partial charge in [0.2, 0.25) is 5.91 Å². The molecule has 0 aromatic heterocycles. The van der Waals surface area contributed by atoms with Gasteiger partial charge in [-0.1, -0.05) is 36.5 Å². The van der Waals surface area contributed by atoms with Crippen LogP contribution in [0.5, 0.6) is 0 Å². The maximum absolute atomic E-state index is 12.4. The molecule has 22 heavy (non-hydrogen) atoms.